The first-order valence-electron chi connectivity index (χ1n) is 8.78. The molecule has 3 rings (SSSR count). The summed E-state index contributed by atoms with van der Waals surface area (Å²) in [4.78, 5) is 11.2. The minimum Gasteiger partial charge on any atom is -0.478 e. The third-order valence-corrected chi connectivity index (χ3v) is 4.45. The zero-order chi connectivity index (χ0) is 21.6. The van der Waals surface area contributed by atoms with Gasteiger partial charge < -0.3 is 14.8 Å². The summed E-state index contributed by atoms with van der Waals surface area (Å²) in [6.07, 6.45) is -4.86. The van der Waals surface area contributed by atoms with E-state index in [9.17, 15) is 23.1 Å². The Kier molecular flexibility index (Phi) is 4.47. The molecule has 0 atom stereocenters. The first-order valence-corrected chi connectivity index (χ1v) is 8.16. The lowest BCUT2D eigenvalue weighted by molar-refractivity contribution is -0.138. The number of carboxylic acid groups (broad SMARTS) is 1. The number of hydrogen-bond donors (Lipinski definition) is 2. The highest BCUT2D eigenvalue weighted by Crippen LogP contribution is 2.35. The molecule has 0 fully saturated rings. The summed E-state index contributed by atoms with van der Waals surface area (Å²) < 4.78 is 56.5. The number of rotatable bonds is 5. The third-order valence-electron chi connectivity index (χ3n) is 4.21. The van der Waals surface area contributed by atoms with Gasteiger partial charge in [-0.25, -0.2) is 4.79 Å². The SMILES string of the molecule is [2H]C([2H])(O)Cn1c(Cc2ccc(Cl)cc2C(F)(F)F)cc2cc(C(=O)O)ccc21. The summed E-state index contributed by atoms with van der Waals surface area (Å²) in [5, 5.41) is 19.1. The summed E-state index contributed by atoms with van der Waals surface area (Å²) in [7, 11) is 0. The number of alkyl halides is 3. The molecular formula is C19H15ClF3NO3. The number of aromatic nitrogens is 1. The Morgan fingerprint density at radius 2 is 1.93 bits per heavy atom. The molecule has 0 unspecified atom stereocenters. The van der Waals surface area contributed by atoms with Crippen LogP contribution >= 0.6 is 11.6 Å². The minimum atomic E-state index is -4.64. The largest absolute Gasteiger partial charge is 0.478 e. The Bertz CT molecular complexity index is 1090. The fraction of sp³-hybridized carbons (Fsp3) is 0.211. The van der Waals surface area contributed by atoms with Gasteiger partial charge in [-0.1, -0.05) is 17.7 Å². The van der Waals surface area contributed by atoms with Crippen LogP contribution < -0.4 is 0 Å². The molecule has 0 spiro atoms. The van der Waals surface area contributed by atoms with Gasteiger partial charge in [-0.05, 0) is 42.0 Å². The van der Waals surface area contributed by atoms with E-state index in [2.05, 4.69) is 0 Å². The van der Waals surface area contributed by atoms with E-state index in [0.29, 0.717) is 10.9 Å². The van der Waals surface area contributed by atoms with Crippen LogP contribution in [0, 0.1) is 0 Å². The Balaban J connectivity index is 2.16. The smallest absolute Gasteiger partial charge is 0.416 e. The van der Waals surface area contributed by atoms with Gasteiger partial charge in [-0.15, -0.1) is 0 Å². The fourth-order valence-electron chi connectivity index (χ4n) is 3.03. The highest BCUT2D eigenvalue weighted by Gasteiger charge is 2.33. The average molecular weight is 400 g/mol. The van der Waals surface area contributed by atoms with Crippen LogP contribution in [0.15, 0.2) is 42.5 Å². The molecule has 0 radical (unpaired) electrons. The van der Waals surface area contributed by atoms with Crippen molar-refractivity contribution in [2.24, 2.45) is 0 Å². The van der Waals surface area contributed by atoms with Crippen molar-refractivity contribution in [1.82, 2.24) is 4.57 Å². The van der Waals surface area contributed by atoms with Crippen LogP contribution in [0.4, 0.5) is 13.2 Å². The van der Waals surface area contributed by atoms with Gasteiger partial charge in [0.05, 0.1) is 20.4 Å². The molecule has 1 aromatic heterocycles. The van der Waals surface area contributed by atoms with E-state index in [1.165, 1.54) is 41.0 Å². The van der Waals surface area contributed by atoms with Gasteiger partial charge in [0.15, 0.2) is 0 Å². The molecule has 0 saturated carbocycles. The van der Waals surface area contributed by atoms with Crippen LogP contribution in [0.1, 0.15) is 29.9 Å². The summed E-state index contributed by atoms with van der Waals surface area (Å²) in [6.45, 7) is -3.16. The highest BCUT2D eigenvalue weighted by atomic mass is 35.5. The Labute approximate surface area is 160 Å². The monoisotopic (exact) mass is 399 g/mol. The van der Waals surface area contributed by atoms with E-state index in [0.717, 1.165) is 6.07 Å². The molecule has 4 nitrogen and oxygen atoms in total. The van der Waals surface area contributed by atoms with Gasteiger partial charge in [0.1, 0.15) is 0 Å². The molecule has 3 aromatic rings. The van der Waals surface area contributed by atoms with E-state index < -0.39 is 30.8 Å². The molecule has 0 bridgehead atoms. The fourth-order valence-corrected chi connectivity index (χ4v) is 3.20. The van der Waals surface area contributed by atoms with E-state index in [1.807, 2.05) is 0 Å². The topological polar surface area (TPSA) is 62.5 Å². The number of nitrogens with zero attached hydrogens (tertiary/aromatic N) is 1. The van der Waals surface area contributed by atoms with Crippen LogP contribution in [0.3, 0.4) is 0 Å². The van der Waals surface area contributed by atoms with Crippen LogP contribution in [0.5, 0.6) is 0 Å². The number of aryl methyl sites for hydroxylation is 1. The van der Waals surface area contributed by atoms with Crippen LogP contribution in [-0.2, 0) is 19.1 Å². The molecule has 2 aromatic carbocycles. The van der Waals surface area contributed by atoms with Gasteiger partial charge in [-0.2, -0.15) is 13.2 Å². The molecule has 27 heavy (non-hydrogen) atoms. The maximum atomic E-state index is 13.4. The van der Waals surface area contributed by atoms with E-state index in [-0.39, 0.29) is 28.3 Å². The van der Waals surface area contributed by atoms with Crippen LogP contribution in [0.2, 0.25) is 5.02 Å². The third kappa shape index (κ3) is 3.94. The zero-order valence-electron chi connectivity index (χ0n) is 15.7. The molecule has 1 heterocycles. The molecule has 2 N–H and O–H groups in total. The van der Waals surface area contributed by atoms with Crippen molar-refractivity contribution in [3.63, 3.8) is 0 Å². The molecule has 8 heteroatoms. The molecule has 0 aliphatic heterocycles. The lowest BCUT2D eigenvalue weighted by Gasteiger charge is -2.15. The second kappa shape index (κ2) is 7.25. The highest BCUT2D eigenvalue weighted by molar-refractivity contribution is 6.30. The number of halogens is 4. The van der Waals surface area contributed by atoms with E-state index in [4.69, 9.17) is 19.4 Å². The second-order valence-electron chi connectivity index (χ2n) is 5.93. The van der Waals surface area contributed by atoms with Crippen molar-refractivity contribution in [3.05, 3.63) is 69.9 Å². The van der Waals surface area contributed by atoms with Crippen LogP contribution in [0.25, 0.3) is 10.9 Å². The predicted molar refractivity (Wildman–Crippen MR) is 95.2 cm³/mol. The zero-order valence-corrected chi connectivity index (χ0v) is 14.5. The van der Waals surface area contributed by atoms with Crippen molar-refractivity contribution in [2.45, 2.75) is 19.1 Å². The van der Waals surface area contributed by atoms with E-state index >= 15 is 0 Å². The molecule has 0 aliphatic carbocycles. The Hall–Kier alpha value is -2.51. The van der Waals surface area contributed by atoms with Crippen molar-refractivity contribution < 1.29 is 30.9 Å². The second-order valence-corrected chi connectivity index (χ2v) is 6.37. The lowest BCUT2D eigenvalue weighted by Crippen LogP contribution is -2.12. The summed E-state index contributed by atoms with van der Waals surface area (Å²) in [5.41, 5.74) is -0.336. The summed E-state index contributed by atoms with van der Waals surface area (Å²) in [6, 6.07) is 8.95. The van der Waals surface area contributed by atoms with E-state index in [1.54, 1.807) is 0 Å². The molecule has 0 aliphatic rings. The number of fused-ring (bicyclic) bond motifs is 1. The molecule has 142 valence electrons. The van der Waals surface area contributed by atoms with Gasteiger partial charge in [0.25, 0.3) is 0 Å². The van der Waals surface area contributed by atoms with Gasteiger partial charge in [-0.3, -0.25) is 0 Å². The normalized spacial score (nSPS) is 13.5. The quantitative estimate of drug-likeness (QED) is 0.659. The Morgan fingerprint density at radius 3 is 2.56 bits per heavy atom. The van der Waals surface area contributed by atoms with Gasteiger partial charge in [0, 0.05) is 34.6 Å². The first-order chi connectivity index (χ1) is 13.3. The first kappa shape index (κ1) is 16.6. The van der Waals surface area contributed by atoms with Crippen molar-refractivity contribution >= 4 is 28.5 Å². The predicted octanol–water partition coefficient (Wildman–Crippen LogP) is 4.59. The van der Waals surface area contributed by atoms with Gasteiger partial charge >= 0.3 is 12.1 Å². The number of benzene rings is 2. The maximum absolute atomic E-state index is 13.4. The minimum absolute atomic E-state index is 0.0179. The standard InChI is InChI=1S/C19H15ClF3NO3/c20-14-3-1-11(16(10-14)19(21,22)23)8-15-9-13-7-12(18(26)27)2-4-17(13)24(15)5-6-25/h1-4,7,9-10,25H,5-6,8H2,(H,26,27)/i6D2. The van der Waals surface area contributed by atoms with Crippen molar-refractivity contribution in [1.29, 1.82) is 0 Å². The lowest BCUT2D eigenvalue weighted by atomic mass is 10.0. The summed E-state index contributed by atoms with van der Waals surface area (Å²) >= 11 is 5.71. The average Bonchev–Trinajstić information content (AvgIpc) is 2.90. The van der Waals surface area contributed by atoms with Crippen molar-refractivity contribution in [3.8, 4) is 0 Å². The van der Waals surface area contributed by atoms with Crippen molar-refractivity contribution in [2.75, 3.05) is 6.56 Å². The Morgan fingerprint density at radius 1 is 1.19 bits per heavy atom. The molecular weight excluding hydrogens is 383 g/mol. The number of aromatic carboxylic acids is 1. The summed E-state index contributed by atoms with van der Waals surface area (Å²) in [5.74, 6) is -1.17. The number of carboxylic acids is 1. The van der Waals surface area contributed by atoms with Gasteiger partial charge in [0.2, 0.25) is 0 Å². The maximum Gasteiger partial charge on any atom is 0.416 e. The number of carbonyl (C=O) groups is 1. The molecule has 0 saturated heterocycles. The number of aliphatic hydroxyl groups is 1. The number of hydrogen-bond acceptors (Lipinski definition) is 2. The molecule has 0 amide bonds. The van der Waals surface area contributed by atoms with Crippen LogP contribution in [-0.4, -0.2) is 27.3 Å².